The van der Waals surface area contributed by atoms with E-state index in [0.29, 0.717) is 12.2 Å². The van der Waals surface area contributed by atoms with E-state index >= 15 is 0 Å². The van der Waals surface area contributed by atoms with Gasteiger partial charge in [-0.2, -0.15) is 0 Å². The number of carbonyl (C=O) groups is 1. The molecule has 0 aromatic heterocycles. The SMILES string of the molecule is COC(=O)C1(Nc2cccc(F)c2)CN2CCC1CC2. The first kappa shape index (κ1) is 13.4. The number of anilines is 1. The van der Waals surface area contributed by atoms with Gasteiger partial charge in [-0.25, -0.2) is 9.18 Å². The molecule has 1 N–H and O–H groups in total. The van der Waals surface area contributed by atoms with E-state index in [9.17, 15) is 9.18 Å². The Kier molecular flexibility index (Phi) is 3.38. The van der Waals surface area contributed by atoms with Crippen LogP contribution < -0.4 is 5.32 Å². The highest BCUT2D eigenvalue weighted by Crippen LogP contribution is 2.39. The normalized spacial score (nSPS) is 31.9. The minimum absolute atomic E-state index is 0.239. The first-order valence-electron chi connectivity index (χ1n) is 6.98. The second-order valence-corrected chi connectivity index (χ2v) is 5.65. The fourth-order valence-corrected chi connectivity index (χ4v) is 3.50. The number of nitrogens with zero attached hydrogens (tertiary/aromatic N) is 1. The number of carbonyl (C=O) groups excluding carboxylic acids is 1. The number of benzene rings is 1. The zero-order chi connectivity index (χ0) is 14.2. The highest BCUT2D eigenvalue weighted by molar-refractivity contribution is 5.86. The van der Waals surface area contributed by atoms with Crippen LogP contribution in [0.1, 0.15) is 12.8 Å². The Hall–Kier alpha value is -1.62. The highest BCUT2D eigenvalue weighted by atomic mass is 19.1. The van der Waals surface area contributed by atoms with Crippen LogP contribution in [0.25, 0.3) is 0 Å². The molecule has 0 saturated carbocycles. The molecule has 0 radical (unpaired) electrons. The van der Waals surface area contributed by atoms with Gasteiger partial charge in [0.25, 0.3) is 0 Å². The van der Waals surface area contributed by atoms with Crippen molar-refractivity contribution in [1.82, 2.24) is 4.90 Å². The molecule has 0 aliphatic carbocycles. The van der Waals surface area contributed by atoms with Crippen molar-refractivity contribution < 1.29 is 13.9 Å². The molecule has 4 rings (SSSR count). The number of fused-ring (bicyclic) bond motifs is 3. The summed E-state index contributed by atoms with van der Waals surface area (Å²) in [6, 6.07) is 6.24. The number of nitrogens with one attached hydrogen (secondary N) is 1. The molecule has 0 amide bonds. The molecule has 20 heavy (non-hydrogen) atoms. The lowest BCUT2D eigenvalue weighted by atomic mass is 9.72. The number of methoxy groups -OCH3 is 1. The number of hydrogen-bond acceptors (Lipinski definition) is 4. The molecule has 1 atom stereocenters. The molecule has 1 unspecified atom stereocenters. The van der Waals surface area contributed by atoms with Crippen molar-refractivity contribution >= 4 is 11.7 Å². The Morgan fingerprint density at radius 3 is 2.75 bits per heavy atom. The molecular formula is C15H19FN2O2. The maximum Gasteiger partial charge on any atom is 0.333 e. The smallest absolute Gasteiger partial charge is 0.333 e. The van der Waals surface area contributed by atoms with Crippen LogP contribution in [0.4, 0.5) is 10.1 Å². The first-order chi connectivity index (χ1) is 9.64. The van der Waals surface area contributed by atoms with Gasteiger partial charge in [0.1, 0.15) is 5.82 Å². The van der Waals surface area contributed by atoms with Crippen LogP contribution in [-0.2, 0) is 9.53 Å². The lowest BCUT2D eigenvalue weighted by Crippen LogP contribution is -2.67. The van der Waals surface area contributed by atoms with Crippen LogP contribution in [-0.4, -0.2) is 43.2 Å². The van der Waals surface area contributed by atoms with Crippen molar-refractivity contribution in [2.75, 3.05) is 32.1 Å². The Labute approximate surface area is 117 Å². The van der Waals surface area contributed by atoms with Gasteiger partial charge in [0.05, 0.1) is 7.11 Å². The molecule has 1 aromatic carbocycles. The zero-order valence-electron chi connectivity index (χ0n) is 11.6. The van der Waals surface area contributed by atoms with Crippen molar-refractivity contribution in [3.63, 3.8) is 0 Å². The predicted molar refractivity (Wildman–Crippen MR) is 73.9 cm³/mol. The van der Waals surface area contributed by atoms with Crippen LogP contribution in [0, 0.1) is 11.7 Å². The molecule has 0 spiro atoms. The van der Waals surface area contributed by atoms with E-state index < -0.39 is 5.54 Å². The molecule has 3 heterocycles. The van der Waals surface area contributed by atoms with E-state index in [-0.39, 0.29) is 17.7 Å². The van der Waals surface area contributed by atoms with Crippen molar-refractivity contribution in [3.05, 3.63) is 30.1 Å². The van der Waals surface area contributed by atoms with Gasteiger partial charge in [0, 0.05) is 12.2 Å². The summed E-state index contributed by atoms with van der Waals surface area (Å²) in [5.41, 5.74) is -0.122. The summed E-state index contributed by atoms with van der Waals surface area (Å²) in [4.78, 5) is 14.6. The summed E-state index contributed by atoms with van der Waals surface area (Å²) in [6.45, 7) is 2.67. The monoisotopic (exact) mass is 278 g/mol. The van der Waals surface area contributed by atoms with Gasteiger partial charge in [-0.1, -0.05) is 6.07 Å². The van der Waals surface area contributed by atoms with Crippen molar-refractivity contribution in [2.45, 2.75) is 18.4 Å². The van der Waals surface area contributed by atoms with Crippen LogP contribution in [0.3, 0.4) is 0 Å². The molecule has 3 aliphatic rings. The highest BCUT2D eigenvalue weighted by Gasteiger charge is 2.53. The molecule has 3 aliphatic heterocycles. The standard InChI is InChI=1S/C15H19FN2O2/c1-20-14(19)15(10-18-7-5-11(15)6-8-18)17-13-4-2-3-12(16)9-13/h2-4,9,11,17H,5-8,10H2,1H3. The minimum Gasteiger partial charge on any atom is -0.467 e. The lowest BCUT2D eigenvalue weighted by Gasteiger charge is -2.51. The van der Waals surface area contributed by atoms with Gasteiger partial charge in [-0.15, -0.1) is 0 Å². The third-order valence-corrected chi connectivity index (χ3v) is 4.50. The average molecular weight is 278 g/mol. The molecule has 1 aromatic rings. The fourth-order valence-electron chi connectivity index (χ4n) is 3.50. The van der Waals surface area contributed by atoms with Crippen molar-refractivity contribution in [2.24, 2.45) is 5.92 Å². The number of hydrogen-bond donors (Lipinski definition) is 1. The summed E-state index contributed by atoms with van der Waals surface area (Å²) in [5.74, 6) is -0.323. The molecule has 3 fully saturated rings. The quantitative estimate of drug-likeness (QED) is 0.857. The van der Waals surface area contributed by atoms with E-state index in [1.54, 1.807) is 12.1 Å². The van der Waals surface area contributed by atoms with E-state index in [0.717, 1.165) is 25.9 Å². The van der Waals surface area contributed by atoms with Crippen molar-refractivity contribution in [3.8, 4) is 0 Å². The molecule has 4 nitrogen and oxygen atoms in total. The Morgan fingerprint density at radius 2 is 2.20 bits per heavy atom. The maximum absolute atomic E-state index is 13.4. The third-order valence-electron chi connectivity index (χ3n) is 4.50. The number of rotatable bonds is 3. The number of ether oxygens (including phenoxy) is 1. The van der Waals surface area contributed by atoms with Crippen LogP contribution >= 0.6 is 0 Å². The summed E-state index contributed by atoms with van der Waals surface area (Å²) in [5, 5.41) is 3.26. The van der Waals surface area contributed by atoms with Gasteiger partial charge in [-0.05, 0) is 50.0 Å². The summed E-state index contributed by atoms with van der Waals surface area (Å²) < 4.78 is 18.4. The summed E-state index contributed by atoms with van der Waals surface area (Å²) in [6.07, 6.45) is 1.94. The second-order valence-electron chi connectivity index (χ2n) is 5.65. The summed E-state index contributed by atoms with van der Waals surface area (Å²) >= 11 is 0. The van der Waals surface area contributed by atoms with E-state index in [1.165, 1.54) is 19.2 Å². The van der Waals surface area contributed by atoms with Crippen molar-refractivity contribution in [1.29, 1.82) is 0 Å². The molecule has 108 valence electrons. The zero-order valence-corrected chi connectivity index (χ0v) is 11.6. The number of piperidine rings is 3. The Morgan fingerprint density at radius 1 is 1.45 bits per heavy atom. The van der Waals surface area contributed by atoms with Crippen LogP contribution in [0.5, 0.6) is 0 Å². The largest absolute Gasteiger partial charge is 0.467 e. The Balaban J connectivity index is 1.93. The predicted octanol–water partition coefficient (Wildman–Crippen LogP) is 1.87. The number of esters is 1. The van der Waals surface area contributed by atoms with Gasteiger partial charge in [-0.3, -0.25) is 0 Å². The molecule has 2 bridgehead atoms. The fraction of sp³-hybridized carbons (Fsp3) is 0.533. The minimum atomic E-state index is -0.751. The van der Waals surface area contributed by atoms with Gasteiger partial charge >= 0.3 is 5.97 Å². The van der Waals surface area contributed by atoms with Gasteiger partial charge in [0.2, 0.25) is 0 Å². The Bertz CT molecular complexity index is 514. The van der Waals surface area contributed by atoms with Gasteiger partial charge in [0.15, 0.2) is 5.54 Å². The second kappa shape index (κ2) is 5.05. The lowest BCUT2D eigenvalue weighted by molar-refractivity contribution is -0.153. The maximum atomic E-state index is 13.4. The van der Waals surface area contributed by atoms with E-state index in [4.69, 9.17) is 4.74 Å². The topological polar surface area (TPSA) is 41.6 Å². The van der Waals surface area contributed by atoms with Gasteiger partial charge < -0.3 is 15.0 Å². The van der Waals surface area contributed by atoms with E-state index in [2.05, 4.69) is 10.2 Å². The molecular weight excluding hydrogens is 259 g/mol. The molecule has 5 heteroatoms. The number of halogens is 1. The third kappa shape index (κ3) is 2.16. The van der Waals surface area contributed by atoms with Crippen LogP contribution in [0.2, 0.25) is 0 Å². The summed E-state index contributed by atoms with van der Waals surface area (Å²) in [7, 11) is 1.41. The average Bonchev–Trinajstić information content (AvgIpc) is 2.47. The van der Waals surface area contributed by atoms with E-state index in [1.807, 2.05) is 0 Å². The first-order valence-corrected chi connectivity index (χ1v) is 6.98. The molecule has 3 saturated heterocycles. The van der Waals surface area contributed by atoms with Crippen LogP contribution in [0.15, 0.2) is 24.3 Å².